The van der Waals surface area contributed by atoms with Crippen molar-refractivity contribution >= 4 is 31.6 Å². The predicted octanol–water partition coefficient (Wildman–Crippen LogP) is 1.99. The Morgan fingerprint density at radius 3 is 2.83 bits per heavy atom. The summed E-state index contributed by atoms with van der Waals surface area (Å²) in [6.45, 7) is 1.31. The molecule has 0 amide bonds. The molecular weight excluding hydrogens is 322 g/mol. The summed E-state index contributed by atoms with van der Waals surface area (Å²) in [5.41, 5.74) is 0.499. The smallest absolute Gasteiger partial charge is 0.229 e. The zero-order valence-corrected chi connectivity index (χ0v) is 12.3. The van der Waals surface area contributed by atoms with E-state index in [0.717, 1.165) is 19.3 Å². The Kier molecular flexibility index (Phi) is 4.14. The zero-order valence-electron chi connectivity index (χ0n) is 9.85. The third-order valence-corrected chi connectivity index (χ3v) is 3.64. The van der Waals surface area contributed by atoms with Crippen LogP contribution >= 0.6 is 15.9 Å². The number of nitrogens with one attached hydrogen (secondary N) is 1. The molecule has 0 spiro atoms. The summed E-state index contributed by atoms with van der Waals surface area (Å²) in [6.07, 6.45) is 2.05. The summed E-state index contributed by atoms with van der Waals surface area (Å²) in [4.78, 5) is 0. The van der Waals surface area contributed by atoms with Crippen molar-refractivity contribution in [2.45, 2.75) is 12.5 Å². The predicted molar refractivity (Wildman–Crippen MR) is 72.5 cm³/mol. The summed E-state index contributed by atoms with van der Waals surface area (Å²) < 4.78 is 36.3. The molecular formula is C11H14BrNO4S. The molecule has 1 aliphatic rings. The zero-order chi connectivity index (χ0) is 13.2. The molecule has 1 aromatic carbocycles. The number of hydrogen-bond acceptors (Lipinski definition) is 4. The van der Waals surface area contributed by atoms with Gasteiger partial charge in [-0.3, -0.25) is 4.72 Å². The topological polar surface area (TPSA) is 64.6 Å². The third kappa shape index (κ3) is 3.86. The Balaban J connectivity index is 2.09. The molecule has 0 bridgehead atoms. The first-order valence-corrected chi connectivity index (χ1v) is 8.14. The number of rotatable bonds is 4. The van der Waals surface area contributed by atoms with Gasteiger partial charge in [-0.2, -0.15) is 0 Å². The fraction of sp³-hybridized carbons (Fsp3) is 0.455. The maximum absolute atomic E-state index is 11.1. The van der Waals surface area contributed by atoms with Crippen LogP contribution in [0, 0.1) is 0 Å². The van der Waals surface area contributed by atoms with E-state index in [1.54, 1.807) is 18.2 Å². The van der Waals surface area contributed by atoms with Crippen molar-refractivity contribution in [1.82, 2.24) is 0 Å². The first-order chi connectivity index (χ1) is 8.44. The number of halogens is 1. The summed E-state index contributed by atoms with van der Waals surface area (Å²) in [7, 11) is -3.26. The average molecular weight is 336 g/mol. The van der Waals surface area contributed by atoms with E-state index in [1.165, 1.54) is 0 Å². The van der Waals surface area contributed by atoms with Crippen LogP contribution in [0.2, 0.25) is 0 Å². The van der Waals surface area contributed by atoms with Crippen LogP contribution in [0.25, 0.3) is 0 Å². The molecule has 7 heteroatoms. The van der Waals surface area contributed by atoms with Crippen LogP contribution in [0.15, 0.2) is 22.7 Å². The van der Waals surface area contributed by atoms with Gasteiger partial charge in [0.05, 0.1) is 23.9 Å². The molecule has 0 aliphatic carbocycles. The normalized spacial score (nSPS) is 19.8. The monoisotopic (exact) mass is 335 g/mol. The Morgan fingerprint density at radius 2 is 2.28 bits per heavy atom. The highest BCUT2D eigenvalue weighted by Gasteiger charge is 2.18. The van der Waals surface area contributed by atoms with E-state index in [4.69, 9.17) is 9.47 Å². The highest BCUT2D eigenvalue weighted by atomic mass is 79.9. The molecule has 1 aromatic rings. The summed E-state index contributed by atoms with van der Waals surface area (Å²) >= 11 is 3.36. The largest absolute Gasteiger partial charge is 0.487 e. The van der Waals surface area contributed by atoms with Crippen molar-refractivity contribution in [3.8, 4) is 5.75 Å². The average Bonchev–Trinajstić information content (AvgIpc) is 2.72. The van der Waals surface area contributed by atoms with Crippen LogP contribution in [0.3, 0.4) is 0 Å². The first kappa shape index (κ1) is 13.6. The van der Waals surface area contributed by atoms with E-state index in [2.05, 4.69) is 20.7 Å². The molecule has 0 saturated carbocycles. The molecule has 2 rings (SSSR count). The van der Waals surface area contributed by atoms with Gasteiger partial charge in [0.2, 0.25) is 10.0 Å². The second kappa shape index (κ2) is 5.46. The fourth-order valence-corrected chi connectivity index (χ4v) is 2.69. The van der Waals surface area contributed by atoms with Crippen molar-refractivity contribution in [1.29, 1.82) is 0 Å². The molecule has 1 aliphatic heterocycles. The second-order valence-corrected chi connectivity index (χ2v) is 6.73. The molecule has 1 fully saturated rings. The van der Waals surface area contributed by atoms with E-state index in [9.17, 15) is 8.42 Å². The lowest BCUT2D eigenvalue weighted by Crippen LogP contribution is -2.16. The van der Waals surface area contributed by atoms with Crippen molar-refractivity contribution in [2.75, 3.05) is 24.2 Å². The lowest BCUT2D eigenvalue weighted by Gasteiger charge is -2.14. The van der Waals surface area contributed by atoms with Gasteiger partial charge >= 0.3 is 0 Å². The Morgan fingerprint density at radius 1 is 1.50 bits per heavy atom. The van der Waals surface area contributed by atoms with E-state index in [0.29, 0.717) is 22.5 Å². The van der Waals surface area contributed by atoms with Crippen LogP contribution in [0.1, 0.15) is 6.42 Å². The van der Waals surface area contributed by atoms with Crippen molar-refractivity contribution in [3.05, 3.63) is 22.7 Å². The van der Waals surface area contributed by atoms with Gasteiger partial charge in [0.1, 0.15) is 11.9 Å². The van der Waals surface area contributed by atoms with Gasteiger partial charge in [-0.1, -0.05) is 0 Å². The standard InChI is InChI=1S/C11H14BrNO4S/c1-18(14,15)13-8-2-3-11(10(12)6-8)17-9-4-5-16-7-9/h2-3,6,9,13H,4-5,7H2,1H3/t9-/m1/s1. The maximum atomic E-state index is 11.1. The Labute approximate surface area is 115 Å². The quantitative estimate of drug-likeness (QED) is 0.913. The maximum Gasteiger partial charge on any atom is 0.229 e. The van der Waals surface area contributed by atoms with Gasteiger partial charge in [-0.25, -0.2) is 8.42 Å². The molecule has 0 unspecified atom stereocenters. The second-order valence-electron chi connectivity index (χ2n) is 4.12. The molecule has 18 heavy (non-hydrogen) atoms. The number of anilines is 1. The van der Waals surface area contributed by atoms with Gasteiger partial charge in [-0.15, -0.1) is 0 Å². The summed E-state index contributed by atoms with van der Waals surface area (Å²) in [6, 6.07) is 5.07. The highest BCUT2D eigenvalue weighted by molar-refractivity contribution is 9.10. The number of hydrogen-bond donors (Lipinski definition) is 1. The third-order valence-electron chi connectivity index (χ3n) is 2.42. The molecule has 1 saturated heterocycles. The summed E-state index contributed by atoms with van der Waals surface area (Å²) in [5, 5.41) is 0. The van der Waals surface area contributed by atoms with E-state index in [1.807, 2.05) is 0 Å². The van der Waals surface area contributed by atoms with Crippen LogP contribution in [-0.2, 0) is 14.8 Å². The molecule has 1 heterocycles. The molecule has 1 atom stereocenters. The SMILES string of the molecule is CS(=O)(=O)Nc1ccc(O[C@@H]2CCOC2)c(Br)c1. The van der Waals surface area contributed by atoms with Crippen LogP contribution < -0.4 is 9.46 Å². The van der Waals surface area contributed by atoms with E-state index in [-0.39, 0.29) is 6.10 Å². The van der Waals surface area contributed by atoms with Gasteiger partial charge in [0, 0.05) is 12.1 Å². The van der Waals surface area contributed by atoms with Gasteiger partial charge in [-0.05, 0) is 34.1 Å². The highest BCUT2D eigenvalue weighted by Crippen LogP contribution is 2.30. The lowest BCUT2D eigenvalue weighted by molar-refractivity contribution is 0.141. The van der Waals surface area contributed by atoms with Crippen LogP contribution in [-0.4, -0.2) is 34.0 Å². The minimum Gasteiger partial charge on any atom is -0.487 e. The number of sulfonamides is 1. The summed E-state index contributed by atoms with van der Waals surface area (Å²) in [5.74, 6) is 0.685. The fourth-order valence-electron chi connectivity index (χ4n) is 1.66. The van der Waals surface area contributed by atoms with Gasteiger partial charge in [0.25, 0.3) is 0 Å². The van der Waals surface area contributed by atoms with Crippen molar-refractivity contribution in [3.63, 3.8) is 0 Å². The Hall–Kier alpha value is -0.790. The van der Waals surface area contributed by atoms with Crippen LogP contribution in [0.5, 0.6) is 5.75 Å². The van der Waals surface area contributed by atoms with Gasteiger partial charge in [0.15, 0.2) is 0 Å². The number of benzene rings is 1. The Bertz CT molecular complexity index is 526. The van der Waals surface area contributed by atoms with E-state index >= 15 is 0 Å². The number of ether oxygens (including phenoxy) is 2. The molecule has 5 nitrogen and oxygen atoms in total. The minimum atomic E-state index is -3.26. The first-order valence-electron chi connectivity index (χ1n) is 5.46. The molecule has 0 aromatic heterocycles. The molecule has 100 valence electrons. The van der Waals surface area contributed by atoms with Crippen molar-refractivity contribution in [2.24, 2.45) is 0 Å². The van der Waals surface area contributed by atoms with E-state index < -0.39 is 10.0 Å². The minimum absolute atomic E-state index is 0.0648. The van der Waals surface area contributed by atoms with Gasteiger partial charge < -0.3 is 9.47 Å². The van der Waals surface area contributed by atoms with Crippen LogP contribution in [0.4, 0.5) is 5.69 Å². The molecule has 0 radical (unpaired) electrons. The lowest BCUT2D eigenvalue weighted by atomic mass is 10.3. The van der Waals surface area contributed by atoms with Crippen molar-refractivity contribution < 1.29 is 17.9 Å². The molecule has 1 N–H and O–H groups in total.